The Labute approximate surface area is 208 Å². The van der Waals surface area contributed by atoms with Gasteiger partial charge >= 0.3 is 12.1 Å². The highest BCUT2D eigenvalue weighted by molar-refractivity contribution is 6.06. The minimum atomic E-state index is -5.12. The van der Waals surface area contributed by atoms with Crippen molar-refractivity contribution in [1.29, 1.82) is 0 Å². The number of aromatic amines is 1. The van der Waals surface area contributed by atoms with Crippen LogP contribution >= 0.6 is 0 Å². The van der Waals surface area contributed by atoms with Gasteiger partial charge in [-0.25, -0.2) is 9.79 Å². The van der Waals surface area contributed by atoms with E-state index in [0.717, 1.165) is 28.2 Å². The van der Waals surface area contributed by atoms with Crippen LogP contribution in [0.4, 0.5) is 19.0 Å². The number of aliphatic imine (C=N–C) groups is 1. The molecule has 0 aromatic carbocycles. The van der Waals surface area contributed by atoms with E-state index in [1.165, 1.54) is 0 Å². The summed E-state index contributed by atoms with van der Waals surface area (Å²) in [5.41, 5.74) is 3.49. The molecule has 0 amide bonds. The van der Waals surface area contributed by atoms with E-state index in [0.29, 0.717) is 18.8 Å². The predicted molar refractivity (Wildman–Crippen MR) is 122 cm³/mol. The van der Waals surface area contributed by atoms with Crippen molar-refractivity contribution in [3.8, 4) is 0 Å². The minimum absolute atomic E-state index is 0.0601. The van der Waals surface area contributed by atoms with E-state index >= 15 is 0 Å². The molecule has 192 valence electrons. The normalized spacial score (nSPS) is 27.6. The van der Waals surface area contributed by atoms with Crippen LogP contribution in [-0.2, 0) is 14.3 Å². The molecule has 6 heterocycles. The van der Waals surface area contributed by atoms with Gasteiger partial charge in [-0.15, -0.1) is 5.11 Å². The zero-order valence-electron chi connectivity index (χ0n) is 19.5. The highest BCUT2D eigenvalue weighted by Gasteiger charge is 2.49. The lowest BCUT2D eigenvalue weighted by Crippen LogP contribution is -2.56. The SMILES string of the molecule is C[C@@H]1C(OC(=O)C(F)(F)F)OCCN1[C@@H]1N=C2N=NC=C2C2=C1C[C@H](c1cccnc1)N2c1ccn[nH]1. The highest BCUT2D eigenvalue weighted by Crippen LogP contribution is 2.49. The second-order valence-corrected chi connectivity index (χ2v) is 8.90. The number of amidine groups is 1. The molecule has 4 aliphatic heterocycles. The molecule has 0 saturated carbocycles. The molecule has 1 fully saturated rings. The van der Waals surface area contributed by atoms with Gasteiger partial charge in [0.1, 0.15) is 12.0 Å². The third-order valence-corrected chi connectivity index (χ3v) is 6.79. The molecule has 14 heteroatoms. The lowest BCUT2D eigenvalue weighted by molar-refractivity contribution is -0.245. The maximum atomic E-state index is 12.9. The first-order valence-corrected chi connectivity index (χ1v) is 11.6. The van der Waals surface area contributed by atoms with Gasteiger partial charge in [0.2, 0.25) is 6.29 Å². The van der Waals surface area contributed by atoms with Crippen LogP contribution < -0.4 is 4.90 Å². The molecule has 4 atom stereocenters. The number of H-pyrrole nitrogens is 1. The Morgan fingerprint density at radius 3 is 2.86 bits per heavy atom. The van der Waals surface area contributed by atoms with Gasteiger partial charge in [0, 0.05) is 25.0 Å². The smallest absolute Gasteiger partial charge is 0.427 e. The fraction of sp³-hybridized carbons (Fsp3) is 0.391. The van der Waals surface area contributed by atoms with Crippen LogP contribution in [0.15, 0.2) is 75.1 Å². The summed E-state index contributed by atoms with van der Waals surface area (Å²) in [6, 6.07) is 4.82. The maximum Gasteiger partial charge on any atom is 0.491 e. The van der Waals surface area contributed by atoms with Crippen LogP contribution in [0.5, 0.6) is 0 Å². The number of morpholine rings is 1. The average Bonchev–Trinajstić information content (AvgIpc) is 3.63. The predicted octanol–water partition coefficient (Wildman–Crippen LogP) is 3.25. The Morgan fingerprint density at radius 2 is 2.14 bits per heavy atom. The topological polar surface area (TPSA) is 121 Å². The van der Waals surface area contributed by atoms with Crippen LogP contribution in [0.1, 0.15) is 24.9 Å². The lowest BCUT2D eigenvalue weighted by Gasteiger charge is -2.42. The lowest BCUT2D eigenvalue weighted by atomic mass is 9.97. The van der Waals surface area contributed by atoms with Crippen LogP contribution in [0.3, 0.4) is 0 Å². The number of ether oxygens (including phenoxy) is 2. The number of carbonyl (C=O) groups is 1. The molecule has 0 bridgehead atoms. The molecular weight excluding hydrogens is 493 g/mol. The number of nitrogens with zero attached hydrogens (tertiary/aromatic N) is 7. The Kier molecular flexibility index (Phi) is 5.64. The zero-order valence-corrected chi connectivity index (χ0v) is 19.5. The first-order valence-electron chi connectivity index (χ1n) is 11.6. The largest absolute Gasteiger partial charge is 0.491 e. The van der Waals surface area contributed by atoms with E-state index in [1.807, 2.05) is 23.1 Å². The minimum Gasteiger partial charge on any atom is -0.427 e. The molecule has 1 unspecified atom stereocenters. The molecule has 6 rings (SSSR count). The Bertz CT molecular complexity index is 1320. The zero-order chi connectivity index (χ0) is 25.7. The van der Waals surface area contributed by atoms with Crippen LogP contribution in [-0.4, -0.2) is 69.7 Å². The van der Waals surface area contributed by atoms with Crippen molar-refractivity contribution in [2.75, 3.05) is 18.1 Å². The third-order valence-electron chi connectivity index (χ3n) is 6.79. The van der Waals surface area contributed by atoms with Crippen LogP contribution in [0, 0.1) is 0 Å². The molecule has 11 nitrogen and oxygen atoms in total. The number of anilines is 1. The van der Waals surface area contributed by atoms with Gasteiger partial charge in [-0.2, -0.15) is 23.4 Å². The number of nitrogens with one attached hydrogen (secondary N) is 1. The van der Waals surface area contributed by atoms with Crippen molar-refractivity contribution >= 4 is 17.6 Å². The van der Waals surface area contributed by atoms with Gasteiger partial charge in [-0.1, -0.05) is 6.07 Å². The number of dihydropyridines is 1. The Balaban J connectivity index is 1.39. The molecule has 2 aromatic heterocycles. The van der Waals surface area contributed by atoms with Gasteiger partial charge in [0.15, 0.2) is 5.84 Å². The fourth-order valence-corrected chi connectivity index (χ4v) is 5.15. The van der Waals surface area contributed by atoms with Crippen molar-refractivity contribution in [3.63, 3.8) is 0 Å². The number of halogens is 3. The van der Waals surface area contributed by atoms with Crippen molar-refractivity contribution < 1.29 is 27.4 Å². The van der Waals surface area contributed by atoms with E-state index in [2.05, 4.69) is 35.0 Å². The molecule has 0 aliphatic carbocycles. The van der Waals surface area contributed by atoms with Crippen molar-refractivity contribution in [1.82, 2.24) is 20.1 Å². The quantitative estimate of drug-likeness (QED) is 0.622. The summed E-state index contributed by atoms with van der Waals surface area (Å²) in [4.78, 5) is 24.6. The molecule has 0 radical (unpaired) electrons. The van der Waals surface area contributed by atoms with E-state index < -0.39 is 30.6 Å². The number of esters is 1. The maximum absolute atomic E-state index is 12.9. The third kappa shape index (κ3) is 4.01. The standard InChI is InChI=1S/C23H21F3N8O3/c1-12-21(37-22(35)23(24,25)26)36-8-7-33(12)20-14-9-16(13-3-2-5-27-10-13)34(17-4-6-28-31-17)18(14)15-11-29-32-19(15)30-20/h2-6,10-12,16,20-21H,7-9H2,1H3,(H,28,31)/t12-,16-,20+,21?/m1/s1. The number of hydrogen-bond donors (Lipinski definition) is 1. The second kappa shape index (κ2) is 8.88. The number of hydrogen-bond acceptors (Lipinski definition) is 10. The molecule has 1 saturated heterocycles. The summed E-state index contributed by atoms with van der Waals surface area (Å²) in [5, 5.41) is 15.4. The average molecular weight is 514 g/mol. The molecule has 2 aromatic rings. The number of rotatable bonds is 4. The number of fused-ring (bicyclic) bond motifs is 2. The summed E-state index contributed by atoms with van der Waals surface area (Å²) in [6.45, 7) is 2.07. The van der Waals surface area contributed by atoms with Gasteiger partial charge in [-0.05, 0) is 30.5 Å². The Morgan fingerprint density at radius 1 is 1.27 bits per heavy atom. The number of azo groups is 1. The fourth-order valence-electron chi connectivity index (χ4n) is 5.15. The first kappa shape index (κ1) is 23.5. The monoisotopic (exact) mass is 514 g/mol. The van der Waals surface area contributed by atoms with Gasteiger partial charge < -0.3 is 14.4 Å². The molecular formula is C23H21F3N8O3. The summed E-state index contributed by atoms with van der Waals surface area (Å²) in [5.74, 6) is -1.12. The number of carbonyl (C=O) groups excluding carboxylic acids is 1. The van der Waals surface area contributed by atoms with Crippen molar-refractivity contribution in [2.45, 2.75) is 44.1 Å². The molecule has 0 spiro atoms. The van der Waals surface area contributed by atoms with Crippen molar-refractivity contribution in [3.05, 3.63) is 65.4 Å². The first-order chi connectivity index (χ1) is 17.8. The number of alkyl halides is 3. The van der Waals surface area contributed by atoms with E-state index in [9.17, 15) is 18.0 Å². The van der Waals surface area contributed by atoms with Crippen LogP contribution in [0.25, 0.3) is 0 Å². The Hall–Kier alpha value is -3.91. The van der Waals surface area contributed by atoms with Gasteiger partial charge in [0.05, 0.1) is 42.4 Å². The van der Waals surface area contributed by atoms with Gasteiger partial charge in [0.25, 0.3) is 0 Å². The van der Waals surface area contributed by atoms with Crippen molar-refractivity contribution in [2.24, 2.45) is 15.2 Å². The summed E-state index contributed by atoms with van der Waals surface area (Å²) < 4.78 is 48.7. The van der Waals surface area contributed by atoms with E-state index in [-0.39, 0.29) is 12.6 Å². The van der Waals surface area contributed by atoms with E-state index in [4.69, 9.17) is 9.73 Å². The number of aromatic nitrogens is 3. The van der Waals surface area contributed by atoms with Gasteiger partial charge in [-0.3, -0.25) is 15.0 Å². The highest BCUT2D eigenvalue weighted by atomic mass is 19.4. The molecule has 37 heavy (non-hydrogen) atoms. The molecule has 1 N–H and O–H groups in total. The summed E-state index contributed by atoms with van der Waals surface area (Å²) >= 11 is 0. The summed E-state index contributed by atoms with van der Waals surface area (Å²) in [7, 11) is 0. The summed E-state index contributed by atoms with van der Waals surface area (Å²) in [6.07, 6.45) is 0.238. The second-order valence-electron chi connectivity index (χ2n) is 8.90. The van der Waals surface area contributed by atoms with E-state index in [1.54, 1.807) is 31.7 Å². The number of pyridine rings is 1. The van der Waals surface area contributed by atoms with Crippen LogP contribution in [0.2, 0.25) is 0 Å². The molecule has 4 aliphatic rings.